The van der Waals surface area contributed by atoms with E-state index < -0.39 is 0 Å². The van der Waals surface area contributed by atoms with E-state index in [9.17, 15) is 0 Å². The van der Waals surface area contributed by atoms with Crippen molar-refractivity contribution in [1.29, 1.82) is 0 Å². The van der Waals surface area contributed by atoms with E-state index in [2.05, 4.69) is 28.2 Å². The number of fused-ring (bicyclic) bond motifs is 3. The van der Waals surface area contributed by atoms with Gasteiger partial charge < -0.3 is 0 Å². The number of hydrogen-bond acceptors (Lipinski definition) is 3. The SMILES string of the molecule is Cc1ccccc1C1=C(Cl)c2c3c(ccc2=N1)=NN=C3. The molecule has 0 fully saturated rings. The van der Waals surface area contributed by atoms with Crippen LogP contribution in [0.15, 0.2) is 51.6 Å². The molecule has 2 aliphatic rings. The van der Waals surface area contributed by atoms with Gasteiger partial charge in [-0.25, -0.2) is 4.99 Å². The fourth-order valence-electron chi connectivity index (χ4n) is 2.59. The van der Waals surface area contributed by atoms with Crippen molar-refractivity contribution >= 4 is 28.5 Å². The molecule has 0 radical (unpaired) electrons. The van der Waals surface area contributed by atoms with Gasteiger partial charge >= 0.3 is 0 Å². The zero-order valence-electron chi connectivity index (χ0n) is 10.8. The van der Waals surface area contributed by atoms with Crippen molar-refractivity contribution in [2.75, 3.05) is 0 Å². The Balaban J connectivity index is 2.02. The van der Waals surface area contributed by atoms with Crippen molar-refractivity contribution in [2.45, 2.75) is 6.92 Å². The minimum atomic E-state index is 0.676. The maximum absolute atomic E-state index is 6.58. The Labute approximate surface area is 120 Å². The van der Waals surface area contributed by atoms with E-state index >= 15 is 0 Å². The molecule has 2 aromatic carbocycles. The van der Waals surface area contributed by atoms with Crippen LogP contribution >= 0.6 is 11.6 Å². The Morgan fingerprint density at radius 3 is 2.65 bits per heavy atom. The third kappa shape index (κ3) is 1.50. The van der Waals surface area contributed by atoms with E-state index in [1.165, 1.54) is 0 Å². The molecule has 0 spiro atoms. The minimum Gasteiger partial charge on any atom is -0.246 e. The van der Waals surface area contributed by atoms with Crippen molar-refractivity contribution < 1.29 is 0 Å². The number of rotatable bonds is 1. The van der Waals surface area contributed by atoms with Crippen molar-refractivity contribution in [2.24, 2.45) is 15.2 Å². The van der Waals surface area contributed by atoms with Crippen LogP contribution in [0.5, 0.6) is 0 Å². The lowest BCUT2D eigenvalue weighted by Gasteiger charge is -2.05. The molecule has 0 amide bonds. The van der Waals surface area contributed by atoms with Crippen molar-refractivity contribution in [1.82, 2.24) is 0 Å². The Kier molecular flexibility index (Phi) is 2.38. The number of nitrogens with zero attached hydrogens (tertiary/aromatic N) is 3. The summed E-state index contributed by atoms with van der Waals surface area (Å²) in [6, 6.07) is 12.0. The van der Waals surface area contributed by atoms with Gasteiger partial charge in [0.15, 0.2) is 0 Å². The minimum absolute atomic E-state index is 0.676. The first kappa shape index (κ1) is 11.6. The summed E-state index contributed by atoms with van der Waals surface area (Å²) in [4.78, 5) is 4.69. The van der Waals surface area contributed by atoms with Gasteiger partial charge in [-0.1, -0.05) is 35.9 Å². The number of aryl methyl sites for hydroxylation is 1. The monoisotopic (exact) mass is 279 g/mol. The van der Waals surface area contributed by atoms with Crippen LogP contribution in [0.1, 0.15) is 22.3 Å². The second kappa shape index (κ2) is 4.12. The van der Waals surface area contributed by atoms with Gasteiger partial charge in [0, 0.05) is 16.7 Å². The molecule has 96 valence electrons. The lowest BCUT2D eigenvalue weighted by atomic mass is 10.0. The van der Waals surface area contributed by atoms with Gasteiger partial charge in [-0.05, 0) is 24.6 Å². The van der Waals surface area contributed by atoms with Crippen LogP contribution < -0.4 is 10.7 Å². The second-order valence-corrected chi connectivity index (χ2v) is 5.20. The molecule has 20 heavy (non-hydrogen) atoms. The summed E-state index contributed by atoms with van der Waals surface area (Å²) in [5.74, 6) is 0. The molecule has 3 nitrogen and oxygen atoms in total. The van der Waals surface area contributed by atoms with E-state index in [0.29, 0.717) is 5.03 Å². The molecule has 0 atom stereocenters. The van der Waals surface area contributed by atoms with Crippen LogP contribution in [0.4, 0.5) is 0 Å². The van der Waals surface area contributed by atoms with Crippen molar-refractivity contribution in [3.63, 3.8) is 0 Å². The van der Waals surface area contributed by atoms with E-state index in [4.69, 9.17) is 11.6 Å². The molecule has 4 rings (SSSR count). The highest BCUT2D eigenvalue weighted by Crippen LogP contribution is 2.34. The molecular formula is C16H10ClN3. The topological polar surface area (TPSA) is 37.1 Å². The number of hydrogen-bond donors (Lipinski definition) is 0. The first-order valence-corrected chi connectivity index (χ1v) is 6.72. The highest BCUT2D eigenvalue weighted by molar-refractivity contribution is 6.53. The molecule has 2 aromatic rings. The molecule has 2 aliphatic heterocycles. The predicted molar refractivity (Wildman–Crippen MR) is 80.2 cm³/mol. The number of halogens is 1. The molecule has 2 heterocycles. The molecular weight excluding hydrogens is 270 g/mol. The first-order chi connectivity index (χ1) is 9.75. The second-order valence-electron chi connectivity index (χ2n) is 4.83. The van der Waals surface area contributed by atoms with E-state index in [1.807, 2.05) is 30.3 Å². The van der Waals surface area contributed by atoms with Crippen LogP contribution in [0, 0.1) is 6.92 Å². The van der Waals surface area contributed by atoms with Gasteiger partial charge in [-0.2, -0.15) is 10.2 Å². The van der Waals surface area contributed by atoms with Crippen LogP contribution in [-0.4, -0.2) is 6.21 Å². The lowest BCUT2D eigenvalue weighted by Crippen LogP contribution is -2.16. The van der Waals surface area contributed by atoms with Gasteiger partial charge in [-0.15, -0.1) is 0 Å². The molecule has 0 saturated carbocycles. The lowest BCUT2D eigenvalue weighted by molar-refractivity contribution is 1.17. The maximum Gasteiger partial charge on any atom is 0.0953 e. The van der Waals surface area contributed by atoms with E-state index in [1.54, 1.807) is 6.21 Å². The molecule has 0 unspecified atom stereocenters. The van der Waals surface area contributed by atoms with Gasteiger partial charge in [0.2, 0.25) is 0 Å². The molecule has 0 bridgehead atoms. The van der Waals surface area contributed by atoms with Gasteiger partial charge in [0.25, 0.3) is 0 Å². The van der Waals surface area contributed by atoms with E-state index in [0.717, 1.165) is 38.7 Å². The fraction of sp³-hybridized carbons (Fsp3) is 0.0625. The third-order valence-corrected chi connectivity index (χ3v) is 3.98. The fourth-order valence-corrected chi connectivity index (χ4v) is 2.94. The molecule has 4 heteroatoms. The summed E-state index contributed by atoms with van der Waals surface area (Å²) in [6.07, 6.45) is 1.74. The van der Waals surface area contributed by atoms with Gasteiger partial charge in [-0.3, -0.25) is 0 Å². The summed E-state index contributed by atoms with van der Waals surface area (Å²) in [5, 5.41) is 10.4. The zero-order chi connectivity index (χ0) is 13.7. The Morgan fingerprint density at radius 1 is 1.00 bits per heavy atom. The quantitative estimate of drug-likeness (QED) is 0.770. The van der Waals surface area contributed by atoms with Crippen molar-refractivity contribution in [3.05, 3.63) is 69.4 Å². The van der Waals surface area contributed by atoms with Crippen LogP contribution in [0.25, 0.3) is 10.7 Å². The largest absolute Gasteiger partial charge is 0.246 e. The summed E-state index contributed by atoms with van der Waals surface area (Å²) in [7, 11) is 0. The Hall–Kier alpha value is -2.26. The average Bonchev–Trinajstić information content (AvgIpc) is 3.04. The van der Waals surface area contributed by atoms with Crippen LogP contribution in [0.3, 0.4) is 0 Å². The van der Waals surface area contributed by atoms with Crippen LogP contribution in [-0.2, 0) is 0 Å². The Bertz CT molecular complexity index is 923. The third-order valence-electron chi connectivity index (χ3n) is 3.61. The predicted octanol–water partition coefficient (Wildman–Crippen LogP) is 2.66. The van der Waals surface area contributed by atoms with Gasteiger partial charge in [0.1, 0.15) is 0 Å². The molecule has 0 saturated heterocycles. The highest BCUT2D eigenvalue weighted by Gasteiger charge is 2.22. The summed E-state index contributed by atoms with van der Waals surface area (Å²) in [5.41, 5.74) is 4.95. The average molecular weight is 280 g/mol. The molecule has 0 aromatic heterocycles. The molecule has 0 N–H and O–H groups in total. The molecule has 0 aliphatic carbocycles. The Morgan fingerprint density at radius 2 is 1.80 bits per heavy atom. The summed E-state index contributed by atoms with van der Waals surface area (Å²) >= 11 is 6.58. The zero-order valence-corrected chi connectivity index (χ0v) is 11.5. The normalized spacial score (nSPS) is 14.9. The summed E-state index contributed by atoms with van der Waals surface area (Å²) in [6.45, 7) is 2.06. The summed E-state index contributed by atoms with van der Waals surface area (Å²) < 4.78 is 0. The van der Waals surface area contributed by atoms with Gasteiger partial charge in [0.05, 0.1) is 27.7 Å². The van der Waals surface area contributed by atoms with Crippen molar-refractivity contribution in [3.8, 4) is 0 Å². The van der Waals surface area contributed by atoms with E-state index in [-0.39, 0.29) is 0 Å². The first-order valence-electron chi connectivity index (χ1n) is 6.34. The number of benzene rings is 2. The smallest absolute Gasteiger partial charge is 0.0953 e. The standard InChI is InChI=1S/C16H10ClN3/c1-9-4-2-3-5-10(9)16-15(17)14-11-8-18-20-12(11)6-7-13(14)19-16/h2-8H,1H3. The maximum atomic E-state index is 6.58. The highest BCUT2D eigenvalue weighted by atomic mass is 35.5. The van der Waals surface area contributed by atoms with Crippen LogP contribution in [0.2, 0.25) is 0 Å².